The van der Waals surface area contributed by atoms with Gasteiger partial charge in [0.05, 0.1) is 11.1 Å². The summed E-state index contributed by atoms with van der Waals surface area (Å²) in [6.07, 6.45) is 5.23. The van der Waals surface area contributed by atoms with Crippen LogP contribution in [0.1, 0.15) is 76.4 Å². The number of halogens is 1. The van der Waals surface area contributed by atoms with Crippen molar-refractivity contribution in [2.24, 2.45) is 0 Å². The van der Waals surface area contributed by atoms with Crippen molar-refractivity contribution in [1.29, 1.82) is 0 Å². The molecule has 1 aliphatic carbocycles. The van der Waals surface area contributed by atoms with E-state index < -0.39 is 22.1 Å². The molecule has 1 atom stereocenters. The van der Waals surface area contributed by atoms with Crippen LogP contribution in [-0.2, 0) is 10.0 Å². The van der Waals surface area contributed by atoms with Crippen molar-refractivity contribution in [3.05, 3.63) is 54.2 Å². The Morgan fingerprint density at radius 3 is 2.64 bits per heavy atom. The van der Waals surface area contributed by atoms with Gasteiger partial charge in [0.15, 0.2) is 11.5 Å². The maximum atomic E-state index is 15.1. The predicted molar refractivity (Wildman–Crippen MR) is 139 cm³/mol. The van der Waals surface area contributed by atoms with E-state index >= 15 is 4.39 Å². The zero-order valence-electron chi connectivity index (χ0n) is 21.9. The fraction of sp³-hybridized carbons (Fsp3) is 0.462. The third-order valence-electron chi connectivity index (χ3n) is 6.87. The number of hydrogen-bond acceptors (Lipinski definition) is 9. The maximum absolute atomic E-state index is 15.1. The Kier molecular flexibility index (Phi) is 7.65. The summed E-state index contributed by atoms with van der Waals surface area (Å²) >= 11 is 0. The van der Waals surface area contributed by atoms with Crippen LogP contribution in [-0.4, -0.2) is 50.6 Å². The third kappa shape index (κ3) is 5.65. The van der Waals surface area contributed by atoms with Gasteiger partial charge in [-0.1, -0.05) is 25.9 Å². The molecule has 39 heavy (non-hydrogen) atoms. The number of nitrogens with one attached hydrogen (secondary N) is 1. The largest absolute Gasteiger partial charge is 0.474 e. The number of ether oxygens (including phenoxy) is 1. The van der Waals surface area contributed by atoms with Crippen LogP contribution in [0.15, 0.2) is 46.1 Å². The Balaban J connectivity index is 1.31. The number of benzene rings is 1. The number of aliphatic hydroxyl groups is 1. The minimum Gasteiger partial charge on any atom is -0.474 e. The number of hydrogen-bond donors (Lipinski definition) is 2. The first-order chi connectivity index (χ1) is 18.7. The standard InChI is InChI=1S/C26H31FN6O5S/c1-4-22(34)32-39(35,36)18-9-10-19(21(27)13-18)20-14-29-33-23(11-12-28-25(20)33)37-17-7-5-16(6-8-17)26-30-24(15(2)3)31-38-26/h9-17,22,32,34H,4-8H2,1-3H3. The molecule has 4 aromatic rings. The number of nitrogens with zero attached hydrogens (tertiary/aromatic N) is 5. The molecule has 1 saturated carbocycles. The van der Waals surface area contributed by atoms with Gasteiger partial charge in [0.25, 0.3) is 0 Å². The van der Waals surface area contributed by atoms with E-state index in [2.05, 4.69) is 24.9 Å². The van der Waals surface area contributed by atoms with E-state index in [1.165, 1.54) is 22.8 Å². The monoisotopic (exact) mass is 558 g/mol. The molecular weight excluding hydrogens is 527 g/mol. The van der Waals surface area contributed by atoms with Crippen LogP contribution in [0.25, 0.3) is 16.8 Å². The van der Waals surface area contributed by atoms with Crippen LogP contribution in [0.4, 0.5) is 4.39 Å². The Bertz CT molecular complexity index is 1560. The fourth-order valence-electron chi connectivity index (χ4n) is 4.61. The topological polar surface area (TPSA) is 145 Å². The molecule has 3 aromatic heterocycles. The highest BCUT2D eigenvalue weighted by Crippen LogP contribution is 2.35. The molecular formula is C26H31FN6O5S. The summed E-state index contributed by atoms with van der Waals surface area (Å²) < 4.78 is 55.3. The zero-order valence-corrected chi connectivity index (χ0v) is 22.7. The predicted octanol–water partition coefficient (Wildman–Crippen LogP) is 4.15. The maximum Gasteiger partial charge on any atom is 0.242 e. The third-order valence-corrected chi connectivity index (χ3v) is 8.33. The van der Waals surface area contributed by atoms with Crippen molar-refractivity contribution in [2.45, 2.75) is 81.9 Å². The number of rotatable bonds is 9. The second kappa shape index (κ2) is 11.0. The summed E-state index contributed by atoms with van der Waals surface area (Å²) in [5.41, 5.74) is 0.914. The summed E-state index contributed by atoms with van der Waals surface area (Å²) in [6.45, 7) is 5.68. The highest BCUT2D eigenvalue weighted by Gasteiger charge is 2.29. The number of sulfonamides is 1. The van der Waals surface area contributed by atoms with E-state index in [0.717, 1.165) is 37.6 Å². The minimum atomic E-state index is -4.08. The molecule has 3 heterocycles. The molecule has 5 rings (SSSR count). The second-order valence-electron chi connectivity index (χ2n) is 10.0. The molecule has 0 spiro atoms. The van der Waals surface area contributed by atoms with Crippen molar-refractivity contribution in [3.8, 4) is 17.0 Å². The van der Waals surface area contributed by atoms with Gasteiger partial charge < -0.3 is 14.4 Å². The molecule has 0 aliphatic heterocycles. The fourth-order valence-corrected chi connectivity index (χ4v) is 5.77. The summed E-state index contributed by atoms with van der Waals surface area (Å²) in [6, 6.07) is 5.26. The lowest BCUT2D eigenvalue weighted by atomic mass is 9.87. The number of aromatic nitrogens is 5. The van der Waals surface area contributed by atoms with Gasteiger partial charge in [-0.15, -0.1) is 0 Å². The van der Waals surface area contributed by atoms with Crippen LogP contribution < -0.4 is 9.46 Å². The van der Waals surface area contributed by atoms with Gasteiger partial charge in [0.1, 0.15) is 18.1 Å². The van der Waals surface area contributed by atoms with E-state index in [-0.39, 0.29) is 34.8 Å². The normalized spacial score (nSPS) is 19.0. The Hall–Kier alpha value is -3.42. The molecule has 1 aromatic carbocycles. The lowest BCUT2D eigenvalue weighted by molar-refractivity contribution is 0.130. The smallest absolute Gasteiger partial charge is 0.242 e. The van der Waals surface area contributed by atoms with Crippen LogP contribution in [0.3, 0.4) is 0 Å². The quantitative estimate of drug-likeness (QED) is 0.289. The molecule has 0 radical (unpaired) electrons. The molecule has 208 valence electrons. The highest BCUT2D eigenvalue weighted by molar-refractivity contribution is 7.89. The van der Waals surface area contributed by atoms with Gasteiger partial charge in [0, 0.05) is 35.2 Å². The van der Waals surface area contributed by atoms with Gasteiger partial charge in [-0.25, -0.2) is 17.8 Å². The van der Waals surface area contributed by atoms with Crippen molar-refractivity contribution in [1.82, 2.24) is 29.5 Å². The van der Waals surface area contributed by atoms with Gasteiger partial charge in [-0.3, -0.25) is 0 Å². The first-order valence-electron chi connectivity index (χ1n) is 13.0. The summed E-state index contributed by atoms with van der Waals surface area (Å²) in [5.74, 6) is 1.54. The van der Waals surface area contributed by atoms with E-state index in [1.54, 1.807) is 19.2 Å². The Labute approximate surface area is 225 Å². The average molecular weight is 559 g/mol. The molecule has 2 N–H and O–H groups in total. The lowest BCUT2D eigenvalue weighted by Gasteiger charge is -2.27. The van der Waals surface area contributed by atoms with Gasteiger partial charge in [-0.2, -0.15) is 19.3 Å². The van der Waals surface area contributed by atoms with Crippen molar-refractivity contribution in [3.63, 3.8) is 0 Å². The molecule has 0 bridgehead atoms. The molecule has 13 heteroatoms. The van der Waals surface area contributed by atoms with Gasteiger partial charge in [0.2, 0.25) is 21.8 Å². The highest BCUT2D eigenvalue weighted by atomic mass is 32.2. The van der Waals surface area contributed by atoms with Crippen molar-refractivity contribution >= 4 is 15.7 Å². The van der Waals surface area contributed by atoms with Crippen LogP contribution in [0.2, 0.25) is 0 Å². The van der Waals surface area contributed by atoms with Gasteiger partial charge >= 0.3 is 0 Å². The van der Waals surface area contributed by atoms with Gasteiger partial charge in [-0.05, 0) is 50.3 Å². The van der Waals surface area contributed by atoms with E-state index in [0.29, 0.717) is 23.0 Å². The number of aliphatic hydroxyl groups excluding tert-OH is 1. The molecule has 11 nitrogen and oxygen atoms in total. The molecule has 0 saturated heterocycles. The summed E-state index contributed by atoms with van der Waals surface area (Å²) in [7, 11) is -4.08. The molecule has 1 unspecified atom stereocenters. The second-order valence-corrected chi connectivity index (χ2v) is 11.7. The van der Waals surface area contributed by atoms with Crippen molar-refractivity contribution < 1.29 is 27.2 Å². The van der Waals surface area contributed by atoms with E-state index in [1.807, 2.05) is 13.8 Å². The SMILES string of the molecule is CCC(O)NS(=O)(=O)c1ccc(-c2cnn3c(OC4CCC(c5nc(C(C)C)no5)CC4)ccnc23)c(F)c1. The summed E-state index contributed by atoms with van der Waals surface area (Å²) in [4.78, 5) is 8.61. The minimum absolute atomic E-state index is 0.0424. The Morgan fingerprint density at radius 1 is 1.21 bits per heavy atom. The average Bonchev–Trinajstić information content (AvgIpc) is 3.58. The first kappa shape index (κ1) is 27.2. The number of fused-ring (bicyclic) bond motifs is 1. The van der Waals surface area contributed by atoms with Crippen LogP contribution in [0.5, 0.6) is 5.88 Å². The Morgan fingerprint density at radius 2 is 1.97 bits per heavy atom. The molecule has 1 fully saturated rings. The lowest BCUT2D eigenvalue weighted by Crippen LogP contribution is -2.34. The van der Waals surface area contributed by atoms with E-state index in [4.69, 9.17) is 9.26 Å². The van der Waals surface area contributed by atoms with E-state index in [9.17, 15) is 13.5 Å². The zero-order chi connectivity index (χ0) is 27.7. The van der Waals surface area contributed by atoms with Crippen LogP contribution in [0, 0.1) is 5.82 Å². The van der Waals surface area contributed by atoms with Crippen molar-refractivity contribution in [2.75, 3.05) is 0 Å². The van der Waals surface area contributed by atoms with Crippen LogP contribution >= 0.6 is 0 Å². The summed E-state index contributed by atoms with van der Waals surface area (Å²) in [5, 5.41) is 18.1. The molecule has 0 amide bonds. The first-order valence-corrected chi connectivity index (χ1v) is 14.5. The molecule has 1 aliphatic rings.